The smallest absolute Gasteiger partial charge is 0.415 e. The number of unbranched alkanes of at least 4 members (excludes halogenated alkanes) is 2. The standard InChI is InChI=1S/C38H49N3O10/c1-4-18-40(37(45)50-28-15-12-26(13-16-28)41(46)47)34-24-32(39-48-3)30-22-25(10-6-8-19-42)29(11-7-9-20-43)35-31-23-27(44)14-17-33(31)51-38(34,36(30)35)49-21-5-2/h5,12-17,22-23,25,29,34-36,42-44H,2,4,6-11,18-21,24H2,1,3H3/t25-,29+,34-,35+,36+,38+/m0/s1. The minimum absolute atomic E-state index is 0.0226. The maximum absolute atomic E-state index is 14.2. The van der Waals surface area contributed by atoms with E-state index in [0.717, 1.165) is 36.8 Å². The van der Waals surface area contributed by atoms with Crippen molar-refractivity contribution in [3.8, 4) is 17.2 Å². The predicted octanol–water partition coefficient (Wildman–Crippen LogP) is 6.47. The highest BCUT2D eigenvalue weighted by atomic mass is 16.7. The third-order valence-corrected chi connectivity index (χ3v) is 10.2. The third kappa shape index (κ3) is 7.90. The van der Waals surface area contributed by atoms with Gasteiger partial charge >= 0.3 is 6.09 Å². The van der Waals surface area contributed by atoms with E-state index in [1.165, 1.54) is 31.4 Å². The Hall–Kier alpha value is -4.46. The van der Waals surface area contributed by atoms with E-state index in [0.29, 0.717) is 30.7 Å². The second-order valence-corrected chi connectivity index (χ2v) is 13.3. The molecule has 0 saturated heterocycles. The summed E-state index contributed by atoms with van der Waals surface area (Å²) in [5, 5.41) is 45.9. The monoisotopic (exact) mass is 707 g/mol. The van der Waals surface area contributed by atoms with Crippen LogP contribution in [0.5, 0.6) is 17.2 Å². The van der Waals surface area contributed by atoms with Crippen molar-refractivity contribution < 1.29 is 44.1 Å². The van der Waals surface area contributed by atoms with Gasteiger partial charge in [0.1, 0.15) is 30.4 Å². The number of nitrogens with zero attached hydrogens (tertiary/aromatic N) is 3. The number of ether oxygens (including phenoxy) is 3. The lowest BCUT2D eigenvalue weighted by molar-refractivity contribution is -0.384. The van der Waals surface area contributed by atoms with Gasteiger partial charge in [0.2, 0.25) is 5.79 Å². The van der Waals surface area contributed by atoms with Gasteiger partial charge in [-0.15, -0.1) is 6.58 Å². The first-order valence-electron chi connectivity index (χ1n) is 17.8. The average Bonchev–Trinajstić information content (AvgIpc) is 3.12. The summed E-state index contributed by atoms with van der Waals surface area (Å²) in [6.07, 6.45) is 8.39. The van der Waals surface area contributed by atoms with E-state index in [2.05, 4.69) is 17.8 Å². The lowest BCUT2D eigenvalue weighted by atomic mass is 9.55. The lowest BCUT2D eigenvalue weighted by Gasteiger charge is -2.59. The number of amides is 1. The van der Waals surface area contributed by atoms with Crippen molar-refractivity contribution in [2.24, 2.45) is 22.9 Å². The van der Waals surface area contributed by atoms with Crippen LogP contribution >= 0.6 is 0 Å². The molecule has 5 rings (SSSR count). The number of nitro groups is 1. The summed E-state index contributed by atoms with van der Waals surface area (Å²) in [5.41, 5.74) is 2.20. The van der Waals surface area contributed by atoms with Crippen molar-refractivity contribution >= 4 is 17.5 Å². The number of rotatable bonds is 17. The van der Waals surface area contributed by atoms with Gasteiger partial charge in [-0.2, -0.15) is 0 Å². The molecule has 2 aromatic rings. The molecule has 0 unspecified atom stereocenters. The Morgan fingerprint density at radius 3 is 2.51 bits per heavy atom. The molecule has 0 bridgehead atoms. The molecule has 51 heavy (non-hydrogen) atoms. The van der Waals surface area contributed by atoms with Crippen LogP contribution in [-0.2, 0) is 9.57 Å². The van der Waals surface area contributed by atoms with Crippen molar-refractivity contribution in [1.29, 1.82) is 0 Å². The summed E-state index contributed by atoms with van der Waals surface area (Å²) < 4.78 is 19.7. The largest absolute Gasteiger partial charge is 0.508 e. The van der Waals surface area contributed by atoms with Crippen LogP contribution < -0.4 is 9.47 Å². The molecule has 13 nitrogen and oxygen atoms in total. The number of non-ortho nitro benzene ring substituents is 1. The molecular weight excluding hydrogens is 658 g/mol. The molecule has 0 spiro atoms. The van der Waals surface area contributed by atoms with Gasteiger partial charge in [0.05, 0.1) is 23.2 Å². The maximum atomic E-state index is 14.2. The fraction of sp³-hybridized carbons (Fsp3) is 0.526. The number of carbonyl (C=O) groups excluding carboxylic acids is 1. The van der Waals surface area contributed by atoms with Crippen LogP contribution in [0, 0.1) is 27.9 Å². The molecule has 3 aliphatic rings. The highest BCUT2D eigenvalue weighted by molar-refractivity contribution is 6.03. The number of aromatic hydroxyl groups is 1. The number of hydrogen-bond acceptors (Lipinski definition) is 11. The second-order valence-electron chi connectivity index (χ2n) is 13.3. The molecule has 0 aromatic heterocycles. The number of hydrogen-bond donors (Lipinski definition) is 3. The van der Waals surface area contributed by atoms with Crippen LogP contribution in [0.25, 0.3) is 0 Å². The lowest BCUT2D eigenvalue weighted by Crippen LogP contribution is -2.70. The van der Waals surface area contributed by atoms with Gasteiger partial charge in [-0.05, 0) is 79.8 Å². The van der Waals surface area contributed by atoms with Gasteiger partial charge < -0.3 is 34.4 Å². The molecule has 1 fully saturated rings. The highest BCUT2D eigenvalue weighted by Crippen LogP contribution is 2.61. The van der Waals surface area contributed by atoms with Gasteiger partial charge in [-0.3, -0.25) is 15.0 Å². The molecule has 2 aromatic carbocycles. The van der Waals surface area contributed by atoms with Crippen molar-refractivity contribution in [3.05, 3.63) is 82.4 Å². The van der Waals surface area contributed by atoms with E-state index >= 15 is 0 Å². The number of aliphatic hydroxyl groups excluding tert-OH is 2. The number of phenols is 1. The maximum Gasteiger partial charge on any atom is 0.415 e. The summed E-state index contributed by atoms with van der Waals surface area (Å²) in [4.78, 5) is 32.0. The summed E-state index contributed by atoms with van der Waals surface area (Å²) >= 11 is 0. The number of phenolic OH excluding ortho intramolecular Hbond substituents is 1. The number of benzene rings is 2. The Labute approximate surface area is 298 Å². The molecule has 276 valence electrons. The Bertz CT molecular complexity index is 1590. The minimum atomic E-state index is -1.46. The number of allylic oxidation sites excluding steroid dienone is 1. The summed E-state index contributed by atoms with van der Waals surface area (Å²) in [6, 6.07) is 9.59. The predicted molar refractivity (Wildman–Crippen MR) is 190 cm³/mol. The molecule has 0 radical (unpaired) electrons. The molecule has 3 N–H and O–H groups in total. The minimum Gasteiger partial charge on any atom is -0.508 e. The van der Waals surface area contributed by atoms with Gasteiger partial charge in [0.15, 0.2) is 0 Å². The van der Waals surface area contributed by atoms with Crippen LogP contribution in [0.3, 0.4) is 0 Å². The normalized spacial score (nSPS) is 25.5. The molecule has 1 amide bonds. The van der Waals surface area contributed by atoms with Crippen LogP contribution in [0.2, 0.25) is 0 Å². The van der Waals surface area contributed by atoms with Crippen LogP contribution in [0.4, 0.5) is 10.5 Å². The molecule has 1 saturated carbocycles. The zero-order chi connectivity index (χ0) is 36.5. The highest BCUT2D eigenvalue weighted by Gasteiger charge is 2.65. The number of fused-ring (bicyclic) bond motifs is 2. The zero-order valence-electron chi connectivity index (χ0n) is 29.3. The van der Waals surface area contributed by atoms with Gasteiger partial charge in [0.25, 0.3) is 5.69 Å². The van der Waals surface area contributed by atoms with E-state index in [4.69, 9.17) is 19.0 Å². The zero-order valence-corrected chi connectivity index (χ0v) is 29.3. The Morgan fingerprint density at radius 1 is 1.14 bits per heavy atom. The summed E-state index contributed by atoms with van der Waals surface area (Å²) in [6.45, 7) is 6.39. The first-order valence-corrected chi connectivity index (χ1v) is 17.8. The first-order chi connectivity index (χ1) is 24.7. The fourth-order valence-corrected chi connectivity index (χ4v) is 8.18. The molecule has 1 heterocycles. The van der Waals surface area contributed by atoms with Gasteiger partial charge in [-0.1, -0.05) is 37.1 Å². The summed E-state index contributed by atoms with van der Waals surface area (Å²) in [5.74, 6) is -1.39. The second kappa shape index (κ2) is 17.2. The van der Waals surface area contributed by atoms with E-state index in [1.54, 1.807) is 29.2 Å². The van der Waals surface area contributed by atoms with Crippen LogP contribution in [0.1, 0.15) is 69.8 Å². The van der Waals surface area contributed by atoms with E-state index in [1.807, 2.05) is 6.92 Å². The van der Waals surface area contributed by atoms with Crippen LogP contribution in [0.15, 0.2) is 71.9 Å². The van der Waals surface area contributed by atoms with Crippen molar-refractivity contribution in [3.63, 3.8) is 0 Å². The third-order valence-electron chi connectivity index (χ3n) is 10.2. The van der Waals surface area contributed by atoms with E-state index < -0.39 is 28.8 Å². The number of aliphatic hydroxyl groups is 2. The Morgan fingerprint density at radius 2 is 1.86 bits per heavy atom. The van der Waals surface area contributed by atoms with E-state index in [-0.39, 0.29) is 67.7 Å². The van der Waals surface area contributed by atoms with Crippen LogP contribution in [-0.4, -0.2) is 82.3 Å². The first kappa shape index (κ1) is 37.8. The summed E-state index contributed by atoms with van der Waals surface area (Å²) in [7, 11) is 1.48. The van der Waals surface area contributed by atoms with Crippen molar-refractivity contribution in [2.45, 2.75) is 76.0 Å². The van der Waals surface area contributed by atoms with Gasteiger partial charge in [0, 0.05) is 49.8 Å². The van der Waals surface area contributed by atoms with Gasteiger partial charge in [-0.25, -0.2) is 4.79 Å². The molecule has 1 aliphatic heterocycles. The van der Waals surface area contributed by atoms with Crippen molar-refractivity contribution in [2.75, 3.05) is 33.5 Å². The SMILES string of the molecule is C=CCO[C@@]12Oc3ccc(O)cc3[C@H]3[C@H](CCCCO)[C@@H](CCCCO)C=C(C(=NOC)C[C@@H]1N(CCC)C(=O)Oc1ccc([N+](=O)[O-])cc1)[C@H]32. The Balaban J connectivity index is 1.70. The average molecular weight is 708 g/mol. The molecule has 2 aliphatic carbocycles. The van der Waals surface area contributed by atoms with Crippen molar-refractivity contribution in [1.82, 2.24) is 4.90 Å². The van der Waals surface area contributed by atoms with E-state index in [9.17, 15) is 30.2 Å². The number of nitro benzene ring substituents is 1. The quantitative estimate of drug-likeness (QED) is 0.0715. The topological polar surface area (TPSA) is 173 Å². The molecule has 13 heteroatoms. The number of oxime groups is 1. The number of carbonyl (C=O) groups is 1. The Kier molecular flexibility index (Phi) is 12.7. The molecular formula is C38H49N3O10. The molecule has 6 atom stereocenters. The fourth-order valence-electron chi connectivity index (χ4n) is 8.18.